The van der Waals surface area contributed by atoms with Crippen molar-refractivity contribution in [2.75, 3.05) is 30.4 Å². The van der Waals surface area contributed by atoms with Gasteiger partial charge in [0, 0.05) is 24.5 Å². The fraction of sp³-hybridized carbons (Fsp3) is 0.238. The van der Waals surface area contributed by atoms with E-state index in [4.69, 9.17) is 0 Å². The maximum Gasteiger partial charge on any atom is 0.337 e. The molecule has 29 heavy (non-hydrogen) atoms. The quantitative estimate of drug-likeness (QED) is 0.324. The van der Waals surface area contributed by atoms with Gasteiger partial charge in [-0.15, -0.1) is 0 Å². The molecule has 0 aromatic heterocycles. The van der Waals surface area contributed by atoms with Gasteiger partial charge in [-0.3, -0.25) is 9.59 Å². The van der Waals surface area contributed by atoms with E-state index in [-0.39, 0.29) is 0 Å². The van der Waals surface area contributed by atoms with Gasteiger partial charge in [0.2, 0.25) is 0 Å². The zero-order valence-electron chi connectivity index (χ0n) is 16.6. The molecule has 0 spiro atoms. The van der Waals surface area contributed by atoms with E-state index in [0.29, 0.717) is 11.3 Å². The van der Waals surface area contributed by atoms with Crippen LogP contribution in [0.1, 0.15) is 29.8 Å². The molecular weight excluding hydrogens is 372 g/mol. The molecule has 0 fully saturated rings. The van der Waals surface area contributed by atoms with E-state index in [0.717, 1.165) is 24.3 Å². The van der Waals surface area contributed by atoms with Crippen LogP contribution in [0.2, 0.25) is 0 Å². The van der Waals surface area contributed by atoms with Crippen molar-refractivity contribution in [3.63, 3.8) is 0 Å². The minimum absolute atomic E-state index is 0.339. The number of rotatable bonds is 7. The van der Waals surface area contributed by atoms with Crippen LogP contribution in [0.3, 0.4) is 0 Å². The van der Waals surface area contributed by atoms with Crippen molar-refractivity contribution in [1.29, 1.82) is 0 Å². The minimum Gasteiger partial charge on any atom is -0.465 e. The van der Waals surface area contributed by atoms with E-state index < -0.39 is 17.8 Å². The van der Waals surface area contributed by atoms with Crippen molar-refractivity contribution in [2.45, 2.75) is 13.8 Å². The second kappa shape index (κ2) is 10.6. The first-order chi connectivity index (χ1) is 14.0. The highest BCUT2D eigenvalue weighted by atomic mass is 16.5. The van der Waals surface area contributed by atoms with Crippen molar-refractivity contribution >= 4 is 35.4 Å². The lowest BCUT2D eigenvalue weighted by atomic mass is 10.2. The van der Waals surface area contributed by atoms with Crippen LogP contribution in [0.15, 0.2) is 53.6 Å². The fourth-order valence-electron chi connectivity index (χ4n) is 2.57. The van der Waals surface area contributed by atoms with E-state index in [1.54, 1.807) is 0 Å². The Hall–Kier alpha value is -3.68. The van der Waals surface area contributed by atoms with Gasteiger partial charge >= 0.3 is 17.8 Å². The summed E-state index contributed by atoms with van der Waals surface area (Å²) in [6, 6.07) is 13.7. The normalized spacial score (nSPS) is 10.4. The number of carbonyl (C=O) groups excluding carboxylic acids is 3. The summed E-state index contributed by atoms with van der Waals surface area (Å²) in [5.74, 6) is -2.26. The summed E-state index contributed by atoms with van der Waals surface area (Å²) in [6.45, 7) is 6.01. The molecular formula is C21H24N4O4. The summed E-state index contributed by atoms with van der Waals surface area (Å²) < 4.78 is 4.60. The molecule has 0 aliphatic heterocycles. The number of nitrogens with zero attached hydrogens (tertiary/aromatic N) is 2. The third kappa shape index (κ3) is 6.17. The standard InChI is InChI=1S/C21H24N4O4/c1-4-25(5-2)18-12-6-15(7-13-18)14-22-24-20(27)19(26)23-17-10-8-16(9-11-17)21(28)29-3/h6-14H,4-5H2,1-3H3,(H,23,26)(H,24,27)/b22-14+. The lowest BCUT2D eigenvalue weighted by Gasteiger charge is -2.20. The second-order valence-electron chi connectivity index (χ2n) is 5.99. The average molecular weight is 396 g/mol. The fourth-order valence-corrected chi connectivity index (χ4v) is 2.57. The molecule has 0 aliphatic rings. The number of nitrogens with one attached hydrogen (secondary N) is 2. The van der Waals surface area contributed by atoms with E-state index in [1.807, 2.05) is 24.3 Å². The topological polar surface area (TPSA) is 100 Å². The van der Waals surface area contributed by atoms with Crippen molar-refractivity contribution < 1.29 is 19.1 Å². The minimum atomic E-state index is -0.905. The molecule has 2 N–H and O–H groups in total. The molecule has 0 saturated heterocycles. The highest BCUT2D eigenvalue weighted by Crippen LogP contribution is 2.14. The third-order valence-electron chi connectivity index (χ3n) is 4.17. The molecule has 0 bridgehead atoms. The average Bonchev–Trinajstić information content (AvgIpc) is 2.75. The zero-order valence-corrected chi connectivity index (χ0v) is 16.6. The van der Waals surface area contributed by atoms with Gasteiger partial charge in [-0.1, -0.05) is 12.1 Å². The van der Waals surface area contributed by atoms with Gasteiger partial charge in [0.1, 0.15) is 0 Å². The van der Waals surface area contributed by atoms with Gasteiger partial charge < -0.3 is 15.0 Å². The number of hydrazone groups is 1. The summed E-state index contributed by atoms with van der Waals surface area (Å²) >= 11 is 0. The van der Waals surface area contributed by atoms with Crippen LogP contribution in [0.5, 0.6) is 0 Å². The number of anilines is 2. The first-order valence-electron chi connectivity index (χ1n) is 9.16. The van der Waals surface area contributed by atoms with Gasteiger partial charge in [0.15, 0.2) is 0 Å². The van der Waals surface area contributed by atoms with Gasteiger partial charge in [-0.25, -0.2) is 10.2 Å². The molecule has 0 radical (unpaired) electrons. The third-order valence-corrected chi connectivity index (χ3v) is 4.17. The molecule has 2 aromatic carbocycles. The molecule has 0 aliphatic carbocycles. The van der Waals surface area contributed by atoms with Crippen molar-refractivity contribution in [2.24, 2.45) is 5.10 Å². The van der Waals surface area contributed by atoms with Crippen LogP contribution in [-0.4, -0.2) is 44.2 Å². The largest absolute Gasteiger partial charge is 0.465 e. The molecule has 152 valence electrons. The number of esters is 1. The number of benzene rings is 2. The number of hydrogen-bond donors (Lipinski definition) is 2. The van der Waals surface area contributed by atoms with Crippen LogP contribution in [-0.2, 0) is 14.3 Å². The predicted molar refractivity (Wildman–Crippen MR) is 112 cm³/mol. The Morgan fingerprint density at radius 3 is 2.14 bits per heavy atom. The number of hydrogen-bond acceptors (Lipinski definition) is 6. The Morgan fingerprint density at radius 2 is 1.59 bits per heavy atom. The molecule has 0 unspecified atom stereocenters. The van der Waals surface area contributed by atoms with E-state index >= 15 is 0 Å². The maximum atomic E-state index is 11.9. The van der Waals surface area contributed by atoms with Gasteiger partial charge in [-0.05, 0) is 55.8 Å². The summed E-state index contributed by atoms with van der Waals surface area (Å²) in [7, 11) is 1.28. The van der Waals surface area contributed by atoms with Crippen LogP contribution in [0, 0.1) is 0 Å². The summed E-state index contributed by atoms with van der Waals surface area (Å²) in [6.07, 6.45) is 1.46. The SMILES string of the molecule is CCN(CC)c1ccc(/C=N/NC(=O)C(=O)Nc2ccc(C(=O)OC)cc2)cc1. The van der Waals surface area contributed by atoms with E-state index in [1.165, 1.54) is 37.6 Å². The lowest BCUT2D eigenvalue weighted by Crippen LogP contribution is -2.32. The first kappa shape index (κ1) is 21.6. The van der Waals surface area contributed by atoms with Gasteiger partial charge in [0.25, 0.3) is 0 Å². The number of carbonyl (C=O) groups is 3. The molecule has 8 nitrogen and oxygen atoms in total. The maximum absolute atomic E-state index is 11.9. The summed E-state index contributed by atoms with van der Waals surface area (Å²) in [5.41, 5.74) is 4.79. The van der Waals surface area contributed by atoms with E-state index in [9.17, 15) is 14.4 Å². The predicted octanol–water partition coefficient (Wildman–Crippen LogP) is 2.41. The highest BCUT2D eigenvalue weighted by molar-refractivity contribution is 6.39. The molecule has 2 rings (SSSR count). The van der Waals surface area contributed by atoms with Crippen LogP contribution in [0.4, 0.5) is 11.4 Å². The number of methoxy groups -OCH3 is 1. The molecule has 0 atom stereocenters. The van der Waals surface area contributed by atoms with Crippen LogP contribution < -0.4 is 15.6 Å². The molecule has 0 heterocycles. The Labute approximate surface area is 169 Å². The molecule has 0 saturated carbocycles. The Balaban J connectivity index is 1.88. The number of ether oxygens (including phenoxy) is 1. The highest BCUT2D eigenvalue weighted by Gasteiger charge is 2.13. The molecule has 2 amide bonds. The van der Waals surface area contributed by atoms with Crippen LogP contribution in [0.25, 0.3) is 0 Å². The van der Waals surface area contributed by atoms with Crippen molar-refractivity contribution in [1.82, 2.24) is 5.43 Å². The Morgan fingerprint density at radius 1 is 0.966 bits per heavy atom. The molecule has 8 heteroatoms. The summed E-state index contributed by atoms with van der Waals surface area (Å²) in [4.78, 5) is 37.4. The van der Waals surface area contributed by atoms with Gasteiger partial charge in [-0.2, -0.15) is 5.10 Å². The zero-order chi connectivity index (χ0) is 21.2. The van der Waals surface area contributed by atoms with Crippen molar-refractivity contribution in [3.8, 4) is 0 Å². The lowest BCUT2D eigenvalue weighted by molar-refractivity contribution is -0.136. The summed E-state index contributed by atoms with van der Waals surface area (Å²) in [5, 5.41) is 6.23. The Kier molecular flexibility index (Phi) is 7.90. The number of amides is 2. The smallest absolute Gasteiger partial charge is 0.337 e. The first-order valence-corrected chi connectivity index (χ1v) is 9.16. The van der Waals surface area contributed by atoms with E-state index in [2.05, 4.69) is 39.3 Å². The van der Waals surface area contributed by atoms with Gasteiger partial charge in [0.05, 0.1) is 18.9 Å². The van der Waals surface area contributed by atoms with Crippen LogP contribution >= 0.6 is 0 Å². The monoisotopic (exact) mass is 396 g/mol. The molecule has 2 aromatic rings. The second-order valence-corrected chi connectivity index (χ2v) is 5.99. The Bertz CT molecular complexity index is 873. The van der Waals surface area contributed by atoms with Crippen molar-refractivity contribution in [3.05, 3.63) is 59.7 Å².